The summed E-state index contributed by atoms with van der Waals surface area (Å²) in [7, 11) is 0. The Kier molecular flexibility index (Phi) is 26.4. The first-order chi connectivity index (χ1) is 31.5. The number of rotatable bonds is 32. The van der Waals surface area contributed by atoms with Crippen molar-refractivity contribution >= 4 is 83.0 Å². The number of primary amides is 1. The monoisotopic (exact) mass is 975 g/mol. The second kappa shape index (κ2) is 29.8. The van der Waals surface area contributed by atoms with Gasteiger partial charge in [0.2, 0.25) is 53.2 Å². The molecule has 21 N–H and O–H groups in total. The highest BCUT2D eigenvalue weighted by Gasteiger charge is 2.35. The van der Waals surface area contributed by atoms with Gasteiger partial charge < -0.3 is 91.0 Å². The van der Waals surface area contributed by atoms with Crippen LogP contribution in [0.15, 0.2) is 4.99 Å². The standard InChI is InChI=1S/C37H61N13O18/c1-14(2)27(49-29(60)16(38)8-24(54)55)35(66)47-20(11-26(58)59)33(64)48-21(13-51)34(65)46-19(10-25(56)57)30(61)43-12-23(53)44-18(9-22(39)52)32(63)45-17(6-5-7-42-37(40)41)31(62)50-28(15(3)4)36(67)68/h14-21,27-28,51H,5-13,38H2,1-4H3,(H2,39,52)(H,43,61)(H,44,53)(H,45,63)(H,46,65)(H,47,66)(H,48,64)(H,49,60)(H,50,62)(H,54,55)(H,56,57)(H,58,59)(H,67,68)(H4,40,41,42)/t16-,17-,18-,19-,20-,21-,27-,28-/m0/s1. The van der Waals surface area contributed by atoms with E-state index in [0.717, 1.165) is 0 Å². The molecule has 382 valence electrons. The molecule has 0 bridgehead atoms. The maximum atomic E-state index is 13.3. The van der Waals surface area contributed by atoms with Crippen molar-refractivity contribution in [2.45, 2.75) is 115 Å². The lowest BCUT2D eigenvalue weighted by Gasteiger charge is -2.27. The van der Waals surface area contributed by atoms with E-state index in [-0.39, 0.29) is 25.3 Å². The van der Waals surface area contributed by atoms with Crippen LogP contribution in [0.25, 0.3) is 0 Å². The van der Waals surface area contributed by atoms with Gasteiger partial charge >= 0.3 is 23.9 Å². The molecule has 0 heterocycles. The van der Waals surface area contributed by atoms with E-state index in [1.54, 1.807) is 0 Å². The van der Waals surface area contributed by atoms with Gasteiger partial charge in [-0.05, 0) is 24.7 Å². The quantitative estimate of drug-likeness (QED) is 0.0169. The lowest BCUT2D eigenvalue weighted by Crippen LogP contribution is -2.61. The summed E-state index contributed by atoms with van der Waals surface area (Å²) in [5.41, 5.74) is 21.4. The molecule has 0 aliphatic heterocycles. The van der Waals surface area contributed by atoms with Crippen molar-refractivity contribution in [2.75, 3.05) is 19.7 Å². The predicted octanol–water partition coefficient (Wildman–Crippen LogP) is -8.43. The van der Waals surface area contributed by atoms with Crippen LogP contribution in [-0.2, 0) is 62.3 Å². The van der Waals surface area contributed by atoms with E-state index in [9.17, 15) is 82.8 Å². The Labute approximate surface area is 387 Å². The fourth-order valence-electron chi connectivity index (χ4n) is 5.60. The van der Waals surface area contributed by atoms with Crippen LogP contribution in [0.3, 0.4) is 0 Å². The number of hydrogen-bond donors (Lipinski definition) is 17. The number of aliphatic hydroxyl groups excluding tert-OH is 1. The number of amides is 9. The van der Waals surface area contributed by atoms with Gasteiger partial charge in [0.15, 0.2) is 5.96 Å². The van der Waals surface area contributed by atoms with Crippen molar-refractivity contribution in [2.24, 2.45) is 39.8 Å². The van der Waals surface area contributed by atoms with Crippen LogP contribution in [0.5, 0.6) is 0 Å². The van der Waals surface area contributed by atoms with Crippen LogP contribution in [0.2, 0.25) is 0 Å². The smallest absolute Gasteiger partial charge is 0.326 e. The zero-order chi connectivity index (χ0) is 52.6. The third-order valence-corrected chi connectivity index (χ3v) is 9.11. The van der Waals surface area contributed by atoms with Crippen LogP contribution in [0, 0.1) is 11.8 Å². The molecular formula is C37H61N13O18. The Hall–Kier alpha value is -7.70. The van der Waals surface area contributed by atoms with Gasteiger partial charge in [0, 0.05) is 6.54 Å². The molecule has 0 aliphatic rings. The molecule has 0 rings (SSSR count). The minimum atomic E-state index is -2.06. The van der Waals surface area contributed by atoms with Crippen molar-refractivity contribution in [1.82, 2.24) is 42.5 Å². The molecular weight excluding hydrogens is 914 g/mol. The van der Waals surface area contributed by atoms with Crippen LogP contribution in [0.4, 0.5) is 0 Å². The van der Waals surface area contributed by atoms with E-state index in [4.69, 9.17) is 28.0 Å². The fraction of sp³-hybridized carbons (Fsp3) is 0.622. The van der Waals surface area contributed by atoms with Crippen molar-refractivity contribution in [3.63, 3.8) is 0 Å². The number of carbonyl (C=O) groups excluding carboxylic acids is 9. The lowest BCUT2D eigenvalue weighted by atomic mass is 10.0. The highest BCUT2D eigenvalue weighted by atomic mass is 16.4. The van der Waals surface area contributed by atoms with Crippen molar-refractivity contribution in [1.29, 1.82) is 0 Å². The topological polar surface area (TPSA) is 536 Å². The summed E-state index contributed by atoms with van der Waals surface area (Å²) in [6.45, 7) is 3.51. The SMILES string of the molecule is CC(C)[C@H](NC(=O)[C@H](CCCN=C(N)N)NC(=O)[C@H](CC(N)=O)NC(=O)CNC(=O)[C@H](CC(=O)O)NC(=O)[C@H](CO)NC(=O)[C@H](CC(=O)O)NC(=O)[C@@H](NC(=O)[C@@H](N)CC(=O)O)C(C)C)C(=O)O. The molecule has 0 aromatic rings. The summed E-state index contributed by atoms with van der Waals surface area (Å²) < 4.78 is 0. The van der Waals surface area contributed by atoms with Gasteiger partial charge in [0.05, 0.1) is 44.9 Å². The van der Waals surface area contributed by atoms with Gasteiger partial charge in [-0.1, -0.05) is 27.7 Å². The van der Waals surface area contributed by atoms with Crippen molar-refractivity contribution in [3.05, 3.63) is 0 Å². The van der Waals surface area contributed by atoms with E-state index in [1.807, 2.05) is 16.0 Å². The molecule has 0 saturated carbocycles. The van der Waals surface area contributed by atoms with Gasteiger partial charge in [-0.25, -0.2) is 4.79 Å². The number of guanidine groups is 1. The van der Waals surface area contributed by atoms with E-state index < -0.39 is 176 Å². The fourth-order valence-corrected chi connectivity index (χ4v) is 5.60. The van der Waals surface area contributed by atoms with E-state index >= 15 is 0 Å². The molecule has 0 unspecified atom stereocenters. The highest BCUT2D eigenvalue weighted by molar-refractivity contribution is 5.99. The number of carboxylic acid groups (broad SMARTS) is 4. The molecule has 9 amide bonds. The van der Waals surface area contributed by atoms with Gasteiger partial charge in [0.1, 0.15) is 42.3 Å². The number of nitrogens with zero attached hydrogens (tertiary/aromatic N) is 1. The molecule has 0 aromatic heterocycles. The van der Waals surface area contributed by atoms with Gasteiger partial charge in [0.25, 0.3) is 0 Å². The molecule has 0 aromatic carbocycles. The van der Waals surface area contributed by atoms with E-state index in [2.05, 4.69) is 31.6 Å². The third kappa shape index (κ3) is 23.5. The second-order valence-corrected chi connectivity index (χ2v) is 15.6. The Bertz CT molecular complexity index is 1910. The average Bonchev–Trinajstić information content (AvgIpc) is 3.21. The number of aliphatic carboxylic acids is 4. The number of carboxylic acids is 4. The normalized spacial score (nSPS) is 14.4. The molecule has 0 aliphatic carbocycles. The maximum Gasteiger partial charge on any atom is 0.326 e. The number of hydrogen-bond acceptors (Lipinski definition) is 16. The molecule has 68 heavy (non-hydrogen) atoms. The lowest BCUT2D eigenvalue weighted by molar-refractivity contribution is -0.144. The van der Waals surface area contributed by atoms with Gasteiger partial charge in [-0.2, -0.15) is 0 Å². The number of aliphatic imine (C=N–C) groups is 1. The third-order valence-electron chi connectivity index (χ3n) is 9.11. The van der Waals surface area contributed by atoms with Crippen LogP contribution < -0.4 is 65.5 Å². The number of aliphatic hydroxyl groups is 1. The molecule has 8 atom stereocenters. The van der Waals surface area contributed by atoms with Crippen LogP contribution in [0.1, 0.15) is 66.2 Å². The minimum Gasteiger partial charge on any atom is -0.481 e. The highest BCUT2D eigenvalue weighted by Crippen LogP contribution is 2.08. The summed E-state index contributed by atoms with van der Waals surface area (Å²) in [5.74, 6) is -18.7. The Morgan fingerprint density at radius 2 is 0.926 bits per heavy atom. The predicted molar refractivity (Wildman–Crippen MR) is 229 cm³/mol. The number of carbonyl (C=O) groups is 13. The minimum absolute atomic E-state index is 0.0273. The zero-order valence-electron chi connectivity index (χ0n) is 37.4. The first-order valence-electron chi connectivity index (χ1n) is 20.5. The molecule has 31 nitrogen and oxygen atoms in total. The van der Waals surface area contributed by atoms with E-state index in [0.29, 0.717) is 0 Å². The summed E-state index contributed by atoms with van der Waals surface area (Å²) in [6, 6.07) is -13.9. The maximum absolute atomic E-state index is 13.3. The van der Waals surface area contributed by atoms with Gasteiger partial charge in [-0.3, -0.25) is 62.5 Å². The summed E-state index contributed by atoms with van der Waals surface area (Å²) in [4.78, 5) is 166. The largest absolute Gasteiger partial charge is 0.481 e. The van der Waals surface area contributed by atoms with Gasteiger partial charge in [-0.15, -0.1) is 0 Å². The molecule has 31 heteroatoms. The summed E-state index contributed by atoms with van der Waals surface area (Å²) >= 11 is 0. The Morgan fingerprint density at radius 1 is 0.500 bits per heavy atom. The van der Waals surface area contributed by atoms with Crippen molar-refractivity contribution in [3.8, 4) is 0 Å². The summed E-state index contributed by atoms with van der Waals surface area (Å²) in [5, 5.41) is 64.0. The Morgan fingerprint density at radius 3 is 1.38 bits per heavy atom. The number of nitrogens with two attached hydrogens (primary N) is 4. The van der Waals surface area contributed by atoms with E-state index in [1.165, 1.54) is 27.7 Å². The summed E-state index contributed by atoms with van der Waals surface area (Å²) in [6.07, 6.45) is -4.12. The van der Waals surface area contributed by atoms with Crippen molar-refractivity contribution < 1.29 is 87.9 Å². The first kappa shape index (κ1) is 60.3. The average molecular weight is 976 g/mol. The second-order valence-electron chi connectivity index (χ2n) is 15.6. The zero-order valence-corrected chi connectivity index (χ0v) is 37.4. The molecule has 0 radical (unpaired) electrons. The van der Waals surface area contributed by atoms with Crippen LogP contribution >= 0.6 is 0 Å². The van der Waals surface area contributed by atoms with Crippen LogP contribution in [-0.4, -0.2) is 177 Å². The molecule has 0 fully saturated rings. The Balaban J connectivity index is 6.10. The molecule has 0 saturated heterocycles. The first-order valence-corrected chi connectivity index (χ1v) is 20.5. The number of nitrogens with one attached hydrogen (secondary N) is 8. The molecule has 0 spiro atoms.